The fraction of sp³-hybridized carbons (Fsp3) is 0.417. The summed E-state index contributed by atoms with van der Waals surface area (Å²) in [6.07, 6.45) is 0.837. The zero-order valence-electron chi connectivity index (χ0n) is 19.1. The summed E-state index contributed by atoms with van der Waals surface area (Å²) < 4.78 is 33.4. The van der Waals surface area contributed by atoms with Crippen LogP contribution >= 0.6 is 0 Å². The molecule has 1 saturated heterocycles. The number of hydrogen-bond acceptors (Lipinski definition) is 5. The number of nitrogens with one attached hydrogen (secondary N) is 2. The number of hydrogen-bond donors (Lipinski definition) is 2. The molecular weight excluding hydrogens is 442 g/mol. The third-order valence-electron chi connectivity index (χ3n) is 6.09. The first-order valence-electron chi connectivity index (χ1n) is 11.2. The molecule has 2 aromatic carbocycles. The Hall–Kier alpha value is -2.91. The highest BCUT2D eigenvalue weighted by Crippen LogP contribution is 2.34. The number of ether oxygens (including phenoxy) is 1. The Balaban J connectivity index is 1.41. The number of carbonyl (C=O) groups excluding carboxylic acids is 2. The van der Waals surface area contributed by atoms with Gasteiger partial charge in [0.15, 0.2) is 6.10 Å². The highest BCUT2D eigenvalue weighted by Gasteiger charge is 2.34. The largest absolute Gasteiger partial charge is 0.478 e. The minimum atomic E-state index is -3.76. The number of piperidine rings is 1. The minimum Gasteiger partial charge on any atom is -0.478 e. The van der Waals surface area contributed by atoms with E-state index in [-0.39, 0.29) is 35.7 Å². The number of sulfonamides is 1. The number of amides is 2. The van der Waals surface area contributed by atoms with Gasteiger partial charge in [-0.2, -0.15) is 4.31 Å². The zero-order valence-corrected chi connectivity index (χ0v) is 19.9. The van der Waals surface area contributed by atoms with Gasteiger partial charge in [-0.25, -0.2) is 8.42 Å². The third-order valence-corrected chi connectivity index (χ3v) is 7.99. The van der Waals surface area contributed by atoms with Crippen LogP contribution in [0.3, 0.4) is 0 Å². The van der Waals surface area contributed by atoms with Crippen LogP contribution in [0.5, 0.6) is 5.75 Å². The van der Waals surface area contributed by atoms with Crippen LogP contribution in [0.1, 0.15) is 37.3 Å². The molecule has 2 heterocycles. The fourth-order valence-corrected chi connectivity index (χ4v) is 5.85. The molecule has 176 valence electrons. The molecule has 0 aromatic heterocycles. The Kier molecular flexibility index (Phi) is 6.45. The van der Waals surface area contributed by atoms with E-state index < -0.39 is 16.1 Å². The van der Waals surface area contributed by atoms with Gasteiger partial charge in [0, 0.05) is 24.7 Å². The monoisotopic (exact) mass is 471 g/mol. The summed E-state index contributed by atoms with van der Waals surface area (Å²) >= 11 is 0. The molecule has 2 aliphatic rings. The SMILES string of the molecule is CCC1Oc2ccc(S(=O)(=O)N3CCC(C(=O)Nc4cc(C)cc(C)c4)CC3)cc2NC1=O. The summed E-state index contributed by atoms with van der Waals surface area (Å²) in [5.41, 5.74) is 3.26. The number of carbonyl (C=O) groups is 2. The second-order valence-electron chi connectivity index (χ2n) is 8.71. The molecule has 0 spiro atoms. The number of fused-ring (bicyclic) bond motifs is 1. The lowest BCUT2D eigenvalue weighted by Crippen LogP contribution is -2.41. The summed E-state index contributed by atoms with van der Waals surface area (Å²) in [6.45, 7) is 6.31. The van der Waals surface area contributed by atoms with Crippen molar-refractivity contribution in [1.29, 1.82) is 0 Å². The van der Waals surface area contributed by atoms with Crippen molar-refractivity contribution in [3.63, 3.8) is 0 Å². The minimum absolute atomic E-state index is 0.0869. The lowest BCUT2D eigenvalue weighted by molar-refractivity contribution is -0.123. The van der Waals surface area contributed by atoms with E-state index in [1.54, 1.807) is 6.07 Å². The van der Waals surface area contributed by atoms with Crippen molar-refractivity contribution in [3.05, 3.63) is 47.5 Å². The van der Waals surface area contributed by atoms with Gasteiger partial charge in [0.1, 0.15) is 5.75 Å². The average molecular weight is 472 g/mol. The summed E-state index contributed by atoms with van der Waals surface area (Å²) in [7, 11) is -3.76. The quantitative estimate of drug-likeness (QED) is 0.695. The van der Waals surface area contributed by atoms with Crippen molar-refractivity contribution in [3.8, 4) is 5.75 Å². The first-order valence-corrected chi connectivity index (χ1v) is 12.6. The highest BCUT2D eigenvalue weighted by molar-refractivity contribution is 7.89. The van der Waals surface area contributed by atoms with Crippen molar-refractivity contribution in [2.24, 2.45) is 5.92 Å². The van der Waals surface area contributed by atoms with E-state index in [0.29, 0.717) is 30.7 Å². The third kappa shape index (κ3) is 4.89. The standard InChI is InChI=1S/C24H29N3O5S/c1-4-21-24(29)26-20-14-19(5-6-22(20)32-21)33(30,31)27-9-7-17(8-10-27)23(28)25-18-12-15(2)11-16(3)13-18/h5-6,11-14,17,21H,4,7-10H2,1-3H3,(H,25,28)(H,26,29). The topological polar surface area (TPSA) is 105 Å². The molecule has 0 aliphatic carbocycles. The van der Waals surface area contributed by atoms with Crippen LogP contribution in [0.2, 0.25) is 0 Å². The molecule has 2 N–H and O–H groups in total. The Morgan fingerprint density at radius 1 is 1.12 bits per heavy atom. The maximum atomic E-state index is 13.2. The molecule has 8 nitrogen and oxygen atoms in total. The molecular formula is C24H29N3O5S. The molecule has 0 saturated carbocycles. The number of benzene rings is 2. The number of aryl methyl sites for hydroxylation is 2. The molecule has 1 unspecified atom stereocenters. The van der Waals surface area contributed by atoms with Gasteiger partial charge in [-0.3, -0.25) is 9.59 Å². The van der Waals surface area contributed by atoms with Crippen molar-refractivity contribution < 1.29 is 22.7 Å². The molecule has 2 aliphatic heterocycles. The van der Waals surface area contributed by atoms with Crippen LogP contribution in [-0.2, 0) is 19.6 Å². The Bertz CT molecular complexity index is 1170. The van der Waals surface area contributed by atoms with Crippen LogP contribution in [0.15, 0.2) is 41.3 Å². The van der Waals surface area contributed by atoms with Gasteiger partial charge >= 0.3 is 0 Å². The predicted molar refractivity (Wildman–Crippen MR) is 126 cm³/mol. The Morgan fingerprint density at radius 3 is 2.42 bits per heavy atom. The number of rotatable bonds is 5. The van der Waals surface area contributed by atoms with Gasteiger partial charge in [-0.05, 0) is 74.6 Å². The number of nitrogens with zero attached hydrogens (tertiary/aromatic N) is 1. The summed E-state index contributed by atoms with van der Waals surface area (Å²) in [6, 6.07) is 10.4. The second-order valence-corrected chi connectivity index (χ2v) is 10.6. The van der Waals surface area contributed by atoms with E-state index in [1.807, 2.05) is 39.0 Å². The van der Waals surface area contributed by atoms with E-state index in [9.17, 15) is 18.0 Å². The molecule has 2 amide bonds. The van der Waals surface area contributed by atoms with Gasteiger partial charge in [0.05, 0.1) is 10.6 Å². The molecule has 9 heteroatoms. The van der Waals surface area contributed by atoms with Crippen molar-refractivity contribution >= 4 is 33.2 Å². The Morgan fingerprint density at radius 2 is 1.79 bits per heavy atom. The van der Waals surface area contributed by atoms with Crippen molar-refractivity contribution in [2.45, 2.75) is 51.0 Å². The van der Waals surface area contributed by atoms with Gasteiger partial charge in [0.25, 0.3) is 5.91 Å². The van der Waals surface area contributed by atoms with Gasteiger partial charge in [0.2, 0.25) is 15.9 Å². The molecule has 0 radical (unpaired) electrons. The average Bonchev–Trinajstić information content (AvgIpc) is 2.77. The lowest BCUT2D eigenvalue weighted by Gasteiger charge is -2.31. The van der Waals surface area contributed by atoms with Crippen LogP contribution in [0, 0.1) is 19.8 Å². The summed E-state index contributed by atoms with van der Waals surface area (Å²) in [4.78, 5) is 24.9. The molecule has 33 heavy (non-hydrogen) atoms. The van der Waals surface area contributed by atoms with E-state index in [4.69, 9.17) is 4.74 Å². The predicted octanol–water partition coefficient (Wildman–Crippen LogP) is 3.45. The molecule has 2 aromatic rings. The van der Waals surface area contributed by atoms with E-state index in [1.165, 1.54) is 16.4 Å². The van der Waals surface area contributed by atoms with Crippen LogP contribution in [0.25, 0.3) is 0 Å². The van der Waals surface area contributed by atoms with Gasteiger partial charge in [-0.1, -0.05) is 13.0 Å². The van der Waals surface area contributed by atoms with Crippen LogP contribution in [-0.4, -0.2) is 43.7 Å². The smallest absolute Gasteiger partial charge is 0.265 e. The van der Waals surface area contributed by atoms with E-state index >= 15 is 0 Å². The molecule has 0 bridgehead atoms. The maximum absolute atomic E-state index is 13.2. The second kappa shape index (κ2) is 9.15. The van der Waals surface area contributed by atoms with Gasteiger partial charge in [-0.15, -0.1) is 0 Å². The number of anilines is 2. The summed E-state index contributed by atoms with van der Waals surface area (Å²) in [5, 5.41) is 5.69. The first-order chi connectivity index (χ1) is 15.7. The van der Waals surface area contributed by atoms with Gasteiger partial charge < -0.3 is 15.4 Å². The molecule has 4 rings (SSSR count). The maximum Gasteiger partial charge on any atom is 0.265 e. The zero-order chi connectivity index (χ0) is 23.8. The van der Waals surface area contributed by atoms with Crippen molar-refractivity contribution in [1.82, 2.24) is 4.31 Å². The fourth-order valence-electron chi connectivity index (χ4n) is 4.36. The van der Waals surface area contributed by atoms with Crippen molar-refractivity contribution in [2.75, 3.05) is 23.7 Å². The summed E-state index contributed by atoms with van der Waals surface area (Å²) in [5.74, 6) is -0.159. The first kappa shape index (κ1) is 23.3. The van der Waals surface area contributed by atoms with Crippen LogP contribution < -0.4 is 15.4 Å². The lowest BCUT2D eigenvalue weighted by atomic mass is 9.97. The highest BCUT2D eigenvalue weighted by atomic mass is 32.2. The molecule has 1 atom stereocenters. The molecule has 1 fully saturated rings. The Labute approximate surface area is 194 Å². The van der Waals surface area contributed by atoms with Crippen LogP contribution in [0.4, 0.5) is 11.4 Å². The van der Waals surface area contributed by atoms with E-state index in [0.717, 1.165) is 16.8 Å². The normalized spacial score (nSPS) is 19.4. The van der Waals surface area contributed by atoms with E-state index in [2.05, 4.69) is 10.6 Å².